The van der Waals surface area contributed by atoms with Crippen molar-refractivity contribution in [3.8, 4) is 11.6 Å². The van der Waals surface area contributed by atoms with Crippen LogP contribution in [0.1, 0.15) is 5.69 Å². The summed E-state index contributed by atoms with van der Waals surface area (Å²) in [4.78, 5) is 8.08. The molecular formula is C11H10ClN3O. The Morgan fingerprint density at radius 3 is 2.75 bits per heavy atom. The Morgan fingerprint density at radius 2 is 2.06 bits per heavy atom. The van der Waals surface area contributed by atoms with Gasteiger partial charge in [-0.05, 0) is 31.2 Å². The zero-order chi connectivity index (χ0) is 11.5. The number of anilines is 1. The lowest BCUT2D eigenvalue weighted by Gasteiger charge is -2.06. The average Bonchev–Trinajstić information content (AvgIpc) is 2.27. The maximum atomic E-state index is 5.75. The predicted molar refractivity (Wildman–Crippen MR) is 62.7 cm³/mol. The molecule has 5 heteroatoms. The molecule has 0 unspecified atom stereocenters. The average molecular weight is 236 g/mol. The van der Waals surface area contributed by atoms with E-state index in [1.807, 2.05) is 13.0 Å². The normalized spacial score (nSPS) is 10.1. The first-order valence-corrected chi connectivity index (χ1v) is 5.05. The Balaban J connectivity index is 2.26. The van der Waals surface area contributed by atoms with E-state index in [2.05, 4.69) is 9.97 Å². The Hall–Kier alpha value is -1.81. The van der Waals surface area contributed by atoms with Crippen LogP contribution in [0.2, 0.25) is 5.15 Å². The van der Waals surface area contributed by atoms with E-state index in [0.717, 1.165) is 5.69 Å². The summed E-state index contributed by atoms with van der Waals surface area (Å²) in [5, 5.41) is 0.337. The van der Waals surface area contributed by atoms with E-state index in [-0.39, 0.29) is 5.88 Å². The number of aromatic nitrogens is 2. The quantitative estimate of drug-likeness (QED) is 0.813. The second-order valence-corrected chi connectivity index (χ2v) is 3.65. The van der Waals surface area contributed by atoms with Crippen LogP contribution >= 0.6 is 11.6 Å². The van der Waals surface area contributed by atoms with E-state index in [1.165, 1.54) is 0 Å². The van der Waals surface area contributed by atoms with Gasteiger partial charge in [0.2, 0.25) is 5.88 Å². The van der Waals surface area contributed by atoms with Crippen LogP contribution in [0.4, 0.5) is 5.69 Å². The number of aryl methyl sites for hydroxylation is 1. The van der Waals surface area contributed by atoms with Crippen molar-refractivity contribution in [2.24, 2.45) is 0 Å². The molecule has 2 N–H and O–H groups in total. The molecule has 0 amide bonds. The number of hydrogen-bond acceptors (Lipinski definition) is 4. The Bertz CT molecular complexity index is 499. The maximum absolute atomic E-state index is 5.75. The molecule has 0 aromatic carbocycles. The first-order valence-electron chi connectivity index (χ1n) is 4.67. The third kappa shape index (κ3) is 2.41. The molecule has 2 heterocycles. The third-order valence-corrected chi connectivity index (χ3v) is 2.16. The van der Waals surface area contributed by atoms with Gasteiger partial charge in [-0.1, -0.05) is 11.6 Å². The molecule has 0 saturated carbocycles. The van der Waals surface area contributed by atoms with E-state index in [4.69, 9.17) is 22.1 Å². The molecule has 2 aromatic heterocycles. The largest absolute Gasteiger partial charge is 0.435 e. The molecule has 0 aliphatic carbocycles. The van der Waals surface area contributed by atoms with Gasteiger partial charge in [0.1, 0.15) is 10.9 Å². The highest BCUT2D eigenvalue weighted by Gasteiger charge is 2.04. The van der Waals surface area contributed by atoms with Crippen molar-refractivity contribution in [1.82, 2.24) is 9.97 Å². The minimum Gasteiger partial charge on any atom is -0.435 e. The SMILES string of the molecule is Cc1ccc(Oc2nc(Cl)ccc2N)cn1. The summed E-state index contributed by atoms with van der Waals surface area (Å²) in [6.45, 7) is 1.90. The first-order chi connectivity index (χ1) is 7.65. The highest BCUT2D eigenvalue weighted by atomic mass is 35.5. The topological polar surface area (TPSA) is 61.0 Å². The van der Waals surface area contributed by atoms with Crippen molar-refractivity contribution in [3.63, 3.8) is 0 Å². The zero-order valence-electron chi connectivity index (χ0n) is 8.64. The predicted octanol–water partition coefficient (Wildman–Crippen LogP) is 2.81. The molecule has 82 valence electrons. The molecular weight excluding hydrogens is 226 g/mol. The number of ether oxygens (including phenoxy) is 1. The second-order valence-electron chi connectivity index (χ2n) is 3.27. The highest BCUT2D eigenvalue weighted by Crippen LogP contribution is 2.26. The van der Waals surface area contributed by atoms with Gasteiger partial charge >= 0.3 is 0 Å². The monoisotopic (exact) mass is 235 g/mol. The number of nitrogen functional groups attached to an aromatic ring is 1. The van der Waals surface area contributed by atoms with Crippen molar-refractivity contribution >= 4 is 17.3 Å². The summed E-state index contributed by atoms with van der Waals surface area (Å²) in [7, 11) is 0. The molecule has 0 spiro atoms. The first kappa shape index (κ1) is 10.7. The van der Waals surface area contributed by atoms with Gasteiger partial charge in [-0.15, -0.1) is 0 Å². The number of halogens is 1. The van der Waals surface area contributed by atoms with Crippen molar-refractivity contribution in [2.45, 2.75) is 6.92 Å². The summed E-state index contributed by atoms with van der Waals surface area (Å²) in [6, 6.07) is 6.89. The number of rotatable bonds is 2. The van der Waals surface area contributed by atoms with E-state index < -0.39 is 0 Å². The van der Waals surface area contributed by atoms with E-state index in [0.29, 0.717) is 16.6 Å². The van der Waals surface area contributed by atoms with Crippen LogP contribution in [-0.4, -0.2) is 9.97 Å². The Labute approximate surface area is 98.0 Å². The third-order valence-electron chi connectivity index (χ3n) is 1.95. The van der Waals surface area contributed by atoms with Gasteiger partial charge < -0.3 is 10.5 Å². The van der Waals surface area contributed by atoms with Crippen molar-refractivity contribution in [2.75, 3.05) is 5.73 Å². The molecule has 0 bridgehead atoms. The van der Waals surface area contributed by atoms with Crippen molar-refractivity contribution < 1.29 is 4.74 Å². The molecule has 4 nitrogen and oxygen atoms in total. The van der Waals surface area contributed by atoms with Crippen LogP contribution in [0.5, 0.6) is 11.6 Å². The molecule has 0 fully saturated rings. The minimum absolute atomic E-state index is 0.290. The number of pyridine rings is 2. The highest BCUT2D eigenvalue weighted by molar-refractivity contribution is 6.29. The summed E-state index contributed by atoms with van der Waals surface area (Å²) in [5.41, 5.74) is 7.05. The minimum atomic E-state index is 0.290. The van der Waals surface area contributed by atoms with Gasteiger partial charge in [-0.3, -0.25) is 4.98 Å². The van der Waals surface area contributed by atoms with Gasteiger partial charge in [-0.25, -0.2) is 0 Å². The fraction of sp³-hybridized carbons (Fsp3) is 0.0909. The standard InChI is InChI=1S/C11H10ClN3O/c1-7-2-3-8(6-14-7)16-11-9(13)4-5-10(12)15-11/h2-6H,13H2,1H3. The molecule has 0 aliphatic heterocycles. The molecule has 2 rings (SSSR count). The van der Waals surface area contributed by atoms with Crippen molar-refractivity contribution in [3.05, 3.63) is 41.3 Å². The number of nitrogens with two attached hydrogens (primary N) is 1. The van der Waals surface area contributed by atoms with Gasteiger partial charge in [0.15, 0.2) is 0 Å². The van der Waals surface area contributed by atoms with Gasteiger partial charge in [-0.2, -0.15) is 4.98 Å². The molecule has 2 aromatic rings. The van der Waals surface area contributed by atoms with Gasteiger partial charge in [0, 0.05) is 5.69 Å². The summed E-state index contributed by atoms with van der Waals surface area (Å²) >= 11 is 5.75. The Morgan fingerprint density at radius 1 is 1.25 bits per heavy atom. The smallest absolute Gasteiger partial charge is 0.244 e. The zero-order valence-corrected chi connectivity index (χ0v) is 9.40. The fourth-order valence-electron chi connectivity index (χ4n) is 1.14. The van der Waals surface area contributed by atoms with Crippen LogP contribution in [0.3, 0.4) is 0 Å². The molecule has 0 saturated heterocycles. The number of hydrogen-bond donors (Lipinski definition) is 1. The molecule has 16 heavy (non-hydrogen) atoms. The van der Waals surface area contributed by atoms with Crippen LogP contribution in [0.25, 0.3) is 0 Å². The van der Waals surface area contributed by atoms with Gasteiger partial charge in [0.05, 0.1) is 11.9 Å². The molecule has 0 radical (unpaired) electrons. The lowest BCUT2D eigenvalue weighted by Crippen LogP contribution is -1.95. The maximum Gasteiger partial charge on any atom is 0.244 e. The molecule has 0 atom stereocenters. The summed E-state index contributed by atoms with van der Waals surface area (Å²) in [5.74, 6) is 0.866. The second kappa shape index (κ2) is 4.37. The summed E-state index contributed by atoms with van der Waals surface area (Å²) in [6.07, 6.45) is 1.61. The van der Waals surface area contributed by atoms with Crippen molar-refractivity contribution in [1.29, 1.82) is 0 Å². The lowest BCUT2D eigenvalue weighted by atomic mass is 10.4. The fourth-order valence-corrected chi connectivity index (χ4v) is 1.28. The van der Waals surface area contributed by atoms with E-state index >= 15 is 0 Å². The van der Waals surface area contributed by atoms with E-state index in [1.54, 1.807) is 24.4 Å². The lowest BCUT2D eigenvalue weighted by molar-refractivity contribution is 0.463. The van der Waals surface area contributed by atoms with Gasteiger partial charge in [0.25, 0.3) is 0 Å². The Kier molecular flexibility index (Phi) is 2.92. The summed E-state index contributed by atoms with van der Waals surface area (Å²) < 4.78 is 5.46. The van der Waals surface area contributed by atoms with Crippen LogP contribution < -0.4 is 10.5 Å². The van der Waals surface area contributed by atoms with Crippen LogP contribution in [0.15, 0.2) is 30.5 Å². The number of nitrogens with zero attached hydrogens (tertiary/aromatic N) is 2. The van der Waals surface area contributed by atoms with E-state index in [9.17, 15) is 0 Å². The molecule has 0 aliphatic rings. The van der Waals surface area contributed by atoms with Crippen LogP contribution in [0, 0.1) is 6.92 Å². The van der Waals surface area contributed by atoms with Crippen LogP contribution in [-0.2, 0) is 0 Å².